The molecule has 1 saturated heterocycles. The average molecular weight is 305 g/mol. The van der Waals surface area contributed by atoms with Crippen molar-refractivity contribution in [2.24, 2.45) is 5.92 Å². The average Bonchev–Trinajstić information content (AvgIpc) is 2.98. The number of nitrogens with one attached hydrogen (secondary N) is 1. The van der Waals surface area contributed by atoms with Gasteiger partial charge in [-0.3, -0.25) is 14.9 Å². The first-order chi connectivity index (χ1) is 10.6. The zero-order chi connectivity index (χ0) is 15.9. The van der Waals surface area contributed by atoms with Crippen molar-refractivity contribution in [1.29, 1.82) is 0 Å². The second kappa shape index (κ2) is 7.89. The Labute approximate surface area is 130 Å². The highest BCUT2D eigenvalue weighted by Crippen LogP contribution is 2.18. The van der Waals surface area contributed by atoms with Crippen molar-refractivity contribution in [3.05, 3.63) is 39.9 Å². The molecule has 0 aliphatic carbocycles. The van der Waals surface area contributed by atoms with E-state index in [1.807, 2.05) is 0 Å². The van der Waals surface area contributed by atoms with Crippen LogP contribution in [0.3, 0.4) is 0 Å². The minimum atomic E-state index is -0.446. The number of nitrogens with zero attached hydrogens (tertiary/aromatic N) is 2. The van der Waals surface area contributed by atoms with Gasteiger partial charge in [-0.25, -0.2) is 0 Å². The van der Waals surface area contributed by atoms with E-state index < -0.39 is 4.92 Å². The van der Waals surface area contributed by atoms with Gasteiger partial charge in [0.1, 0.15) is 0 Å². The summed E-state index contributed by atoms with van der Waals surface area (Å²) >= 11 is 0. The van der Waals surface area contributed by atoms with E-state index in [1.54, 1.807) is 18.2 Å². The molecule has 1 aliphatic rings. The molecule has 0 bridgehead atoms. The monoisotopic (exact) mass is 305 g/mol. The minimum Gasteiger partial charge on any atom is -0.355 e. The summed E-state index contributed by atoms with van der Waals surface area (Å²) in [6.45, 7) is 6.01. The molecule has 1 unspecified atom stereocenters. The van der Waals surface area contributed by atoms with Crippen molar-refractivity contribution >= 4 is 11.6 Å². The van der Waals surface area contributed by atoms with Crippen LogP contribution in [0.15, 0.2) is 24.3 Å². The lowest BCUT2D eigenvalue weighted by Crippen LogP contribution is -2.35. The van der Waals surface area contributed by atoms with Crippen LogP contribution in [0.5, 0.6) is 0 Å². The summed E-state index contributed by atoms with van der Waals surface area (Å²) in [5.41, 5.74) is 0.458. The van der Waals surface area contributed by atoms with Crippen molar-refractivity contribution in [3.63, 3.8) is 0 Å². The molecule has 22 heavy (non-hydrogen) atoms. The number of amides is 1. The number of hydrogen-bond donors (Lipinski definition) is 1. The molecule has 0 aromatic heterocycles. The van der Waals surface area contributed by atoms with Gasteiger partial charge in [0.25, 0.3) is 5.69 Å². The van der Waals surface area contributed by atoms with Gasteiger partial charge in [-0.2, -0.15) is 0 Å². The number of likely N-dealkylation sites (tertiary alicyclic amines) is 1. The molecule has 1 heterocycles. The van der Waals surface area contributed by atoms with Gasteiger partial charge >= 0.3 is 0 Å². The highest BCUT2D eigenvalue weighted by atomic mass is 16.6. The smallest absolute Gasteiger partial charge is 0.273 e. The Bertz CT molecular complexity index is 527. The van der Waals surface area contributed by atoms with E-state index in [0.29, 0.717) is 18.0 Å². The fourth-order valence-electron chi connectivity index (χ4n) is 2.83. The topological polar surface area (TPSA) is 75.5 Å². The van der Waals surface area contributed by atoms with Crippen LogP contribution in [0.4, 0.5) is 5.69 Å². The first kappa shape index (κ1) is 16.4. The van der Waals surface area contributed by atoms with Crippen LogP contribution in [0.25, 0.3) is 0 Å². The van der Waals surface area contributed by atoms with Crippen LogP contribution in [0.2, 0.25) is 0 Å². The van der Waals surface area contributed by atoms with E-state index in [9.17, 15) is 14.9 Å². The lowest BCUT2D eigenvalue weighted by Gasteiger charge is -2.20. The molecule has 1 atom stereocenters. The summed E-state index contributed by atoms with van der Waals surface area (Å²) in [5.74, 6) is 0.218. The molecule has 0 spiro atoms. The molecule has 6 heteroatoms. The zero-order valence-corrected chi connectivity index (χ0v) is 13.0. The Morgan fingerprint density at radius 1 is 1.36 bits per heavy atom. The summed E-state index contributed by atoms with van der Waals surface area (Å²) in [4.78, 5) is 24.9. The van der Waals surface area contributed by atoms with Gasteiger partial charge < -0.3 is 10.2 Å². The summed E-state index contributed by atoms with van der Waals surface area (Å²) in [6.07, 6.45) is 2.57. The highest BCUT2D eigenvalue weighted by Gasteiger charge is 2.17. The van der Waals surface area contributed by atoms with Crippen LogP contribution in [0.1, 0.15) is 25.3 Å². The van der Waals surface area contributed by atoms with E-state index in [0.717, 1.165) is 19.6 Å². The third-order valence-electron chi connectivity index (χ3n) is 3.96. The molecular weight excluding hydrogens is 282 g/mol. The second-order valence-electron chi connectivity index (χ2n) is 5.98. The number of para-hydroxylation sites is 1. The van der Waals surface area contributed by atoms with Gasteiger partial charge in [0.15, 0.2) is 0 Å². The van der Waals surface area contributed by atoms with Gasteiger partial charge in [0, 0.05) is 24.7 Å². The maximum Gasteiger partial charge on any atom is 0.273 e. The van der Waals surface area contributed by atoms with Crippen LogP contribution in [-0.2, 0) is 11.2 Å². The molecule has 1 amide bonds. The van der Waals surface area contributed by atoms with Gasteiger partial charge in [-0.1, -0.05) is 25.1 Å². The maximum atomic E-state index is 12.0. The Balaban J connectivity index is 1.79. The van der Waals surface area contributed by atoms with Crippen LogP contribution in [-0.4, -0.2) is 41.9 Å². The highest BCUT2D eigenvalue weighted by molar-refractivity contribution is 5.79. The van der Waals surface area contributed by atoms with Crippen LogP contribution in [0, 0.1) is 16.0 Å². The summed E-state index contributed by atoms with van der Waals surface area (Å²) in [6, 6.07) is 6.38. The molecule has 0 radical (unpaired) electrons. The molecule has 1 aromatic carbocycles. The van der Waals surface area contributed by atoms with Crippen molar-refractivity contribution in [2.45, 2.75) is 26.2 Å². The molecule has 6 nitrogen and oxygen atoms in total. The van der Waals surface area contributed by atoms with Gasteiger partial charge in [0.05, 0.1) is 11.3 Å². The van der Waals surface area contributed by atoms with Crippen molar-refractivity contribution in [3.8, 4) is 0 Å². The van der Waals surface area contributed by atoms with E-state index >= 15 is 0 Å². The molecular formula is C16H23N3O3. The first-order valence-corrected chi connectivity index (χ1v) is 7.77. The molecule has 1 fully saturated rings. The number of nitro groups is 1. The first-order valence-electron chi connectivity index (χ1n) is 7.77. The zero-order valence-electron chi connectivity index (χ0n) is 13.0. The van der Waals surface area contributed by atoms with E-state index in [1.165, 1.54) is 18.9 Å². The van der Waals surface area contributed by atoms with Crippen LogP contribution < -0.4 is 5.32 Å². The molecule has 120 valence electrons. The third kappa shape index (κ3) is 4.80. The van der Waals surface area contributed by atoms with Gasteiger partial charge in [-0.05, 0) is 31.8 Å². The number of hydrogen-bond acceptors (Lipinski definition) is 4. The van der Waals surface area contributed by atoms with Gasteiger partial charge in [-0.15, -0.1) is 0 Å². The number of rotatable bonds is 7. The fraction of sp³-hybridized carbons (Fsp3) is 0.562. The Hall–Kier alpha value is -1.95. The number of carbonyl (C=O) groups excluding carboxylic acids is 1. The summed E-state index contributed by atoms with van der Waals surface area (Å²) in [5, 5.41) is 13.8. The molecule has 0 saturated carbocycles. The Morgan fingerprint density at radius 3 is 2.73 bits per heavy atom. The van der Waals surface area contributed by atoms with E-state index in [4.69, 9.17) is 0 Å². The largest absolute Gasteiger partial charge is 0.355 e. The van der Waals surface area contributed by atoms with E-state index in [-0.39, 0.29) is 18.0 Å². The normalized spacial score (nSPS) is 16.4. The number of nitro benzene ring substituents is 1. The predicted octanol–water partition coefficient (Wildman–Crippen LogP) is 1.99. The lowest BCUT2D eigenvalue weighted by molar-refractivity contribution is -0.385. The van der Waals surface area contributed by atoms with Crippen molar-refractivity contribution in [1.82, 2.24) is 10.2 Å². The molecule has 1 aliphatic heterocycles. The van der Waals surface area contributed by atoms with Crippen molar-refractivity contribution in [2.75, 3.05) is 26.2 Å². The summed E-state index contributed by atoms with van der Waals surface area (Å²) < 4.78 is 0. The summed E-state index contributed by atoms with van der Waals surface area (Å²) in [7, 11) is 0. The second-order valence-corrected chi connectivity index (χ2v) is 5.98. The lowest BCUT2D eigenvalue weighted by atomic mass is 10.1. The minimum absolute atomic E-state index is 0.00256. The Morgan fingerprint density at radius 2 is 2.05 bits per heavy atom. The standard InChI is InChI=1S/C16H23N3O3/c1-13(12-18-8-4-5-9-18)11-17-16(20)10-14-6-2-3-7-15(14)19(21)22/h2-3,6-7,13H,4-5,8-12H2,1H3,(H,17,20). The van der Waals surface area contributed by atoms with Crippen LogP contribution >= 0.6 is 0 Å². The maximum absolute atomic E-state index is 12.0. The molecule has 1 aromatic rings. The predicted molar refractivity (Wildman–Crippen MR) is 84.6 cm³/mol. The number of benzene rings is 1. The fourth-order valence-corrected chi connectivity index (χ4v) is 2.83. The SMILES string of the molecule is CC(CNC(=O)Cc1ccccc1[N+](=O)[O-])CN1CCCC1. The number of carbonyl (C=O) groups is 1. The molecule has 1 N–H and O–H groups in total. The molecule has 2 rings (SSSR count). The third-order valence-corrected chi connectivity index (χ3v) is 3.96. The Kier molecular flexibility index (Phi) is 5.89. The van der Waals surface area contributed by atoms with Crippen molar-refractivity contribution < 1.29 is 9.72 Å². The van der Waals surface area contributed by atoms with Gasteiger partial charge in [0.2, 0.25) is 5.91 Å². The quantitative estimate of drug-likeness (QED) is 0.617. The van der Waals surface area contributed by atoms with E-state index in [2.05, 4.69) is 17.1 Å².